The second-order valence-corrected chi connectivity index (χ2v) is 5.73. The third kappa shape index (κ3) is 4.51. The largest absolute Gasteiger partial charge is 0.466 e. The second-order valence-electron chi connectivity index (χ2n) is 5.73. The third-order valence-electron chi connectivity index (χ3n) is 4.31. The first-order chi connectivity index (χ1) is 10.1. The van der Waals surface area contributed by atoms with Crippen LogP contribution < -0.4 is 0 Å². The van der Waals surface area contributed by atoms with E-state index in [9.17, 15) is 13.6 Å². The van der Waals surface area contributed by atoms with Crippen LogP contribution in [0.2, 0.25) is 0 Å². The number of halogens is 2. The number of esters is 1. The molecule has 1 aliphatic carbocycles. The molecule has 4 heteroatoms. The van der Waals surface area contributed by atoms with Gasteiger partial charge in [0, 0.05) is 12.5 Å². The standard InChI is InChI=1S/C17H22F2O2/c1-2-21-17(20)10-5-12-3-6-13(7-4-12)15-9-8-14(18)11-16(15)19/h8-9,11-13H,2-7,10H2,1H3. The van der Waals surface area contributed by atoms with Gasteiger partial charge in [0.25, 0.3) is 0 Å². The van der Waals surface area contributed by atoms with E-state index >= 15 is 0 Å². The van der Waals surface area contributed by atoms with E-state index in [-0.39, 0.29) is 11.9 Å². The minimum absolute atomic E-state index is 0.135. The summed E-state index contributed by atoms with van der Waals surface area (Å²) in [6.45, 7) is 2.23. The van der Waals surface area contributed by atoms with Gasteiger partial charge in [-0.05, 0) is 62.5 Å². The highest BCUT2D eigenvalue weighted by atomic mass is 19.1. The van der Waals surface area contributed by atoms with E-state index in [0.717, 1.165) is 38.2 Å². The second kappa shape index (κ2) is 7.53. The zero-order valence-corrected chi connectivity index (χ0v) is 12.4. The molecule has 0 unspecified atom stereocenters. The fourth-order valence-electron chi connectivity index (χ4n) is 3.15. The summed E-state index contributed by atoms with van der Waals surface area (Å²) in [4.78, 5) is 11.3. The van der Waals surface area contributed by atoms with Gasteiger partial charge in [-0.15, -0.1) is 0 Å². The number of hydrogen-bond acceptors (Lipinski definition) is 2. The molecule has 0 bridgehead atoms. The van der Waals surface area contributed by atoms with Crippen LogP contribution >= 0.6 is 0 Å². The predicted molar refractivity (Wildman–Crippen MR) is 76.9 cm³/mol. The van der Waals surface area contributed by atoms with Crippen LogP contribution in [0.3, 0.4) is 0 Å². The molecule has 0 spiro atoms. The minimum Gasteiger partial charge on any atom is -0.466 e. The summed E-state index contributed by atoms with van der Waals surface area (Å²) >= 11 is 0. The lowest BCUT2D eigenvalue weighted by Crippen LogP contribution is -2.16. The summed E-state index contributed by atoms with van der Waals surface area (Å²) in [5, 5.41) is 0. The summed E-state index contributed by atoms with van der Waals surface area (Å²) in [5.41, 5.74) is 0.625. The van der Waals surface area contributed by atoms with Crippen molar-refractivity contribution < 1.29 is 18.3 Å². The maximum absolute atomic E-state index is 13.8. The predicted octanol–water partition coefficient (Wildman–Crippen LogP) is 4.58. The molecular formula is C17H22F2O2. The van der Waals surface area contributed by atoms with Crippen molar-refractivity contribution in [2.75, 3.05) is 6.61 Å². The molecule has 1 saturated carbocycles. The average molecular weight is 296 g/mol. The number of benzene rings is 1. The molecule has 2 nitrogen and oxygen atoms in total. The topological polar surface area (TPSA) is 26.3 Å². The van der Waals surface area contributed by atoms with E-state index in [1.165, 1.54) is 6.07 Å². The Kier molecular flexibility index (Phi) is 5.71. The van der Waals surface area contributed by atoms with E-state index in [1.807, 2.05) is 0 Å². The Balaban J connectivity index is 1.81. The van der Waals surface area contributed by atoms with Crippen molar-refractivity contribution in [3.63, 3.8) is 0 Å². The van der Waals surface area contributed by atoms with Gasteiger partial charge >= 0.3 is 5.97 Å². The monoisotopic (exact) mass is 296 g/mol. The number of ether oxygens (including phenoxy) is 1. The minimum atomic E-state index is -0.528. The van der Waals surface area contributed by atoms with Gasteiger partial charge in [-0.3, -0.25) is 4.79 Å². The molecule has 116 valence electrons. The normalized spacial score (nSPS) is 22.0. The quantitative estimate of drug-likeness (QED) is 0.743. The van der Waals surface area contributed by atoms with E-state index in [2.05, 4.69) is 0 Å². The van der Waals surface area contributed by atoms with Gasteiger partial charge in [-0.2, -0.15) is 0 Å². The lowest BCUT2D eigenvalue weighted by Gasteiger charge is -2.28. The first-order valence-electron chi connectivity index (χ1n) is 7.70. The number of carbonyl (C=O) groups is 1. The van der Waals surface area contributed by atoms with Crippen LogP contribution in [0.5, 0.6) is 0 Å². The molecule has 2 rings (SSSR count). The van der Waals surface area contributed by atoms with E-state index in [4.69, 9.17) is 4.74 Å². The summed E-state index contributed by atoms with van der Waals surface area (Å²) in [5.74, 6) is -0.424. The first-order valence-corrected chi connectivity index (χ1v) is 7.70. The lowest BCUT2D eigenvalue weighted by atomic mass is 9.77. The molecule has 0 radical (unpaired) electrons. The van der Waals surface area contributed by atoms with Crippen molar-refractivity contribution in [1.82, 2.24) is 0 Å². The van der Waals surface area contributed by atoms with Crippen LogP contribution in [-0.2, 0) is 9.53 Å². The molecule has 0 heterocycles. The maximum atomic E-state index is 13.8. The van der Waals surface area contributed by atoms with Crippen molar-refractivity contribution in [2.24, 2.45) is 5.92 Å². The lowest BCUT2D eigenvalue weighted by molar-refractivity contribution is -0.143. The molecule has 1 fully saturated rings. The Labute approximate surface area is 124 Å². The van der Waals surface area contributed by atoms with Crippen molar-refractivity contribution in [2.45, 2.75) is 51.4 Å². The van der Waals surface area contributed by atoms with Gasteiger partial charge in [0.05, 0.1) is 6.61 Å². The zero-order valence-electron chi connectivity index (χ0n) is 12.4. The summed E-state index contributed by atoms with van der Waals surface area (Å²) in [6, 6.07) is 3.85. The van der Waals surface area contributed by atoms with Crippen molar-refractivity contribution in [1.29, 1.82) is 0 Å². The van der Waals surface area contributed by atoms with Gasteiger partial charge in [-0.1, -0.05) is 6.07 Å². The molecule has 0 N–H and O–H groups in total. The average Bonchev–Trinajstić information content (AvgIpc) is 2.46. The molecule has 21 heavy (non-hydrogen) atoms. The zero-order chi connectivity index (χ0) is 15.2. The van der Waals surface area contributed by atoms with Gasteiger partial charge < -0.3 is 4.74 Å². The Bertz CT molecular complexity index is 480. The number of rotatable bonds is 5. The fourth-order valence-corrected chi connectivity index (χ4v) is 3.15. The van der Waals surface area contributed by atoms with E-state index in [0.29, 0.717) is 24.5 Å². The van der Waals surface area contributed by atoms with Crippen molar-refractivity contribution >= 4 is 5.97 Å². The molecular weight excluding hydrogens is 274 g/mol. The number of hydrogen-bond donors (Lipinski definition) is 0. The van der Waals surface area contributed by atoms with Gasteiger partial charge in [-0.25, -0.2) is 8.78 Å². The van der Waals surface area contributed by atoms with Crippen LogP contribution in [0.15, 0.2) is 18.2 Å². The number of carbonyl (C=O) groups excluding carboxylic acids is 1. The van der Waals surface area contributed by atoms with Gasteiger partial charge in [0.1, 0.15) is 11.6 Å². The highest BCUT2D eigenvalue weighted by Crippen LogP contribution is 2.38. The van der Waals surface area contributed by atoms with Crippen molar-refractivity contribution in [3.8, 4) is 0 Å². The van der Waals surface area contributed by atoms with Gasteiger partial charge in [0.2, 0.25) is 0 Å². The molecule has 1 aliphatic rings. The van der Waals surface area contributed by atoms with Crippen LogP contribution in [0.4, 0.5) is 8.78 Å². The molecule has 1 aromatic rings. The molecule has 0 atom stereocenters. The molecule has 0 saturated heterocycles. The Morgan fingerprint density at radius 1 is 1.24 bits per heavy atom. The van der Waals surface area contributed by atoms with Crippen LogP contribution in [0.1, 0.15) is 56.9 Å². The van der Waals surface area contributed by atoms with Gasteiger partial charge in [0.15, 0.2) is 0 Å². The molecule has 0 amide bonds. The Hall–Kier alpha value is -1.45. The van der Waals surface area contributed by atoms with E-state index in [1.54, 1.807) is 13.0 Å². The highest BCUT2D eigenvalue weighted by Gasteiger charge is 2.24. The smallest absolute Gasteiger partial charge is 0.305 e. The highest BCUT2D eigenvalue weighted by molar-refractivity contribution is 5.69. The summed E-state index contributed by atoms with van der Waals surface area (Å²) < 4.78 is 31.6. The molecule has 1 aromatic carbocycles. The molecule has 0 aromatic heterocycles. The first kappa shape index (κ1) is 15.9. The van der Waals surface area contributed by atoms with Crippen LogP contribution in [0, 0.1) is 17.6 Å². The molecule has 0 aliphatic heterocycles. The summed E-state index contributed by atoms with van der Waals surface area (Å²) in [6.07, 6.45) is 5.08. The Morgan fingerprint density at radius 3 is 2.57 bits per heavy atom. The SMILES string of the molecule is CCOC(=O)CCC1CCC(c2ccc(F)cc2F)CC1. The van der Waals surface area contributed by atoms with E-state index < -0.39 is 11.6 Å². The van der Waals surface area contributed by atoms with Crippen LogP contribution in [0.25, 0.3) is 0 Å². The van der Waals surface area contributed by atoms with Crippen LogP contribution in [-0.4, -0.2) is 12.6 Å². The fraction of sp³-hybridized carbons (Fsp3) is 0.588. The summed E-state index contributed by atoms with van der Waals surface area (Å²) in [7, 11) is 0. The maximum Gasteiger partial charge on any atom is 0.305 e. The third-order valence-corrected chi connectivity index (χ3v) is 4.31. The Morgan fingerprint density at radius 2 is 1.95 bits per heavy atom. The van der Waals surface area contributed by atoms with Crippen molar-refractivity contribution in [3.05, 3.63) is 35.4 Å².